The smallest absolute Gasteiger partial charge is 0.259 e. The second kappa shape index (κ2) is 6.90. The van der Waals surface area contributed by atoms with Crippen LogP contribution in [0, 0.1) is 6.92 Å². The summed E-state index contributed by atoms with van der Waals surface area (Å²) in [5.74, 6) is 2.00. The predicted molar refractivity (Wildman–Crippen MR) is 100 cm³/mol. The number of aromatic nitrogens is 3. The first-order chi connectivity index (χ1) is 12.1. The molecule has 2 N–H and O–H groups in total. The van der Waals surface area contributed by atoms with Gasteiger partial charge in [-0.3, -0.25) is 0 Å². The van der Waals surface area contributed by atoms with Crippen LogP contribution in [0.5, 0.6) is 0 Å². The summed E-state index contributed by atoms with van der Waals surface area (Å²) in [4.78, 5) is 10.3. The fourth-order valence-corrected chi connectivity index (χ4v) is 4.82. The molecular weight excluding hydrogens is 352 g/mol. The topological polar surface area (TPSA) is 77.8 Å². The molecule has 25 heavy (non-hydrogen) atoms. The number of rotatable bonds is 5. The highest BCUT2D eigenvalue weighted by Gasteiger charge is 2.36. The Morgan fingerprint density at radius 2 is 2.04 bits per heavy atom. The first-order valence-electron chi connectivity index (χ1n) is 8.40. The summed E-state index contributed by atoms with van der Waals surface area (Å²) >= 11 is 3.41. The van der Waals surface area contributed by atoms with Crippen LogP contribution in [0.4, 0.5) is 0 Å². The standard InChI is InChI=1S/C18H20N4OS2/c1-12-20-13(10-24-12)11-25-15-7-3-2-6-14(15)16-21-17(22-23-16)18(19)8-4-5-9-18/h2-3,6-7,10H,4-5,8-9,11,19H2,1H3. The average molecular weight is 373 g/mol. The van der Waals surface area contributed by atoms with Gasteiger partial charge in [0, 0.05) is 16.0 Å². The zero-order chi connectivity index (χ0) is 17.3. The molecule has 5 nitrogen and oxygen atoms in total. The van der Waals surface area contributed by atoms with Gasteiger partial charge in [0.15, 0.2) is 5.82 Å². The maximum atomic E-state index is 6.45. The number of nitrogens with two attached hydrogens (primary N) is 1. The van der Waals surface area contributed by atoms with Gasteiger partial charge in [-0.15, -0.1) is 23.1 Å². The van der Waals surface area contributed by atoms with Gasteiger partial charge >= 0.3 is 0 Å². The van der Waals surface area contributed by atoms with Crippen LogP contribution in [0.3, 0.4) is 0 Å². The van der Waals surface area contributed by atoms with Crippen molar-refractivity contribution in [1.29, 1.82) is 0 Å². The number of thioether (sulfide) groups is 1. The third-order valence-electron chi connectivity index (χ3n) is 4.53. The Hall–Kier alpha value is -1.70. The van der Waals surface area contributed by atoms with Gasteiger partial charge in [0.05, 0.1) is 21.8 Å². The number of aryl methyl sites for hydroxylation is 1. The zero-order valence-corrected chi connectivity index (χ0v) is 15.7. The lowest BCUT2D eigenvalue weighted by Crippen LogP contribution is -2.34. The highest BCUT2D eigenvalue weighted by molar-refractivity contribution is 7.98. The van der Waals surface area contributed by atoms with E-state index in [-0.39, 0.29) is 0 Å². The molecule has 4 rings (SSSR count). The second-order valence-electron chi connectivity index (χ2n) is 6.43. The number of hydrogen-bond donors (Lipinski definition) is 1. The molecular formula is C18H20N4OS2. The van der Waals surface area contributed by atoms with Crippen LogP contribution < -0.4 is 5.73 Å². The highest BCUT2D eigenvalue weighted by atomic mass is 32.2. The third-order valence-corrected chi connectivity index (χ3v) is 6.46. The van der Waals surface area contributed by atoms with Crippen LogP contribution in [0.15, 0.2) is 39.1 Å². The van der Waals surface area contributed by atoms with Crippen molar-refractivity contribution in [1.82, 2.24) is 15.1 Å². The van der Waals surface area contributed by atoms with E-state index in [1.165, 1.54) is 0 Å². The Morgan fingerprint density at radius 1 is 1.24 bits per heavy atom. The molecule has 1 saturated carbocycles. The van der Waals surface area contributed by atoms with E-state index < -0.39 is 5.54 Å². The Labute approximate surface area is 155 Å². The number of benzene rings is 1. The molecule has 2 heterocycles. The van der Waals surface area contributed by atoms with Crippen LogP contribution in [0.25, 0.3) is 11.5 Å². The van der Waals surface area contributed by atoms with Crippen molar-refractivity contribution in [3.05, 3.63) is 46.2 Å². The fraction of sp³-hybridized carbons (Fsp3) is 0.389. The molecule has 7 heteroatoms. The second-order valence-corrected chi connectivity index (χ2v) is 8.51. The molecule has 0 saturated heterocycles. The molecule has 0 radical (unpaired) electrons. The van der Waals surface area contributed by atoms with E-state index in [0.717, 1.165) is 52.6 Å². The summed E-state index contributed by atoms with van der Waals surface area (Å²) < 4.78 is 5.56. The molecule has 130 valence electrons. The maximum Gasteiger partial charge on any atom is 0.259 e. The van der Waals surface area contributed by atoms with Gasteiger partial charge in [0.1, 0.15) is 0 Å². The van der Waals surface area contributed by atoms with Crippen molar-refractivity contribution in [3.63, 3.8) is 0 Å². The van der Waals surface area contributed by atoms with Crippen LogP contribution in [-0.2, 0) is 11.3 Å². The van der Waals surface area contributed by atoms with E-state index in [2.05, 4.69) is 26.6 Å². The lowest BCUT2D eigenvalue weighted by molar-refractivity contribution is 0.372. The van der Waals surface area contributed by atoms with Crippen molar-refractivity contribution in [2.45, 2.75) is 48.8 Å². The molecule has 0 bridgehead atoms. The minimum atomic E-state index is -0.429. The van der Waals surface area contributed by atoms with E-state index in [1.54, 1.807) is 23.1 Å². The molecule has 2 aromatic heterocycles. The summed E-state index contributed by atoms with van der Waals surface area (Å²) in [6, 6.07) is 8.11. The van der Waals surface area contributed by atoms with Gasteiger partial charge in [-0.2, -0.15) is 4.98 Å². The summed E-state index contributed by atoms with van der Waals surface area (Å²) in [5, 5.41) is 7.38. The Kier molecular flexibility index (Phi) is 4.62. The average Bonchev–Trinajstić information content (AvgIpc) is 3.35. The lowest BCUT2D eigenvalue weighted by Gasteiger charge is -2.17. The van der Waals surface area contributed by atoms with Gasteiger partial charge in [0.2, 0.25) is 0 Å². The molecule has 0 amide bonds. The normalized spacial score (nSPS) is 16.4. The molecule has 1 aliphatic carbocycles. The maximum absolute atomic E-state index is 6.45. The van der Waals surface area contributed by atoms with Gasteiger partial charge in [-0.05, 0) is 31.9 Å². The van der Waals surface area contributed by atoms with E-state index in [1.807, 2.05) is 25.1 Å². The fourth-order valence-electron chi connectivity index (χ4n) is 3.16. The zero-order valence-electron chi connectivity index (χ0n) is 14.1. The van der Waals surface area contributed by atoms with Crippen molar-refractivity contribution >= 4 is 23.1 Å². The molecule has 3 aromatic rings. The van der Waals surface area contributed by atoms with Crippen LogP contribution >= 0.6 is 23.1 Å². The van der Waals surface area contributed by atoms with Crippen molar-refractivity contribution < 1.29 is 4.52 Å². The number of hydrogen-bond acceptors (Lipinski definition) is 7. The summed E-state index contributed by atoms with van der Waals surface area (Å²) in [6.07, 6.45) is 4.09. The largest absolute Gasteiger partial charge is 0.334 e. The molecule has 0 unspecified atom stereocenters. The van der Waals surface area contributed by atoms with E-state index in [4.69, 9.17) is 10.3 Å². The molecule has 0 atom stereocenters. The van der Waals surface area contributed by atoms with Crippen molar-refractivity contribution in [3.8, 4) is 11.5 Å². The molecule has 0 aliphatic heterocycles. The molecule has 1 aliphatic rings. The quantitative estimate of drug-likeness (QED) is 0.663. The summed E-state index contributed by atoms with van der Waals surface area (Å²) in [7, 11) is 0. The van der Waals surface area contributed by atoms with Gasteiger partial charge < -0.3 is 10.3 Å². The third kappa shape index (κ3) is 3.49. The van der Waals surface area contributed by atoms with Gasteiger partial charge in [-0.1, -0.05) is 30.1 Å². The first kappa shape index (κ1) is 16.8. The van der Waals surface area contributed by atoms with Gasteiger partial charge in [-0.25, -0.2) is 4.98 Å². The molecule has 1 aromatic carbocycles. The minimum Gasteiger partial charge on any atom is -0.334 e. The van der Waals surface area contributed by atoms with Crippen molar-refractivity contribution in [2.24, 2.45) is 5.73 Å². The lowest BCUT2D eigenvalue weighted by atomic mass is 9.99. The Bertz CT molecular complexity index is 867. The van der Waals surface area contributed by atoms with E-state index in [0.29, 0.717) is 11.7 Å². The minimum absolute atomic E-state index is 0.429. The molecule has 0 spiro atoms. The summed E-state index contributed by atoms with van der Waals surface area (Å²) in [6.45, 7) is 2.03. The number of thiazole rings is 1. The van der Waals surface area contributed by atoms with Gasteiger partial charge in [0.25, 0.3) is 5.89 Å². The van der Waals surface area contributed by atoms with Crippen LogP contribution in [-0.4, -0.2) is 15.1 Å². The monoisotopic (exact) mass is 372 g/mol. The van der Waals surface area contributed by atoms with Crippen LogP contribution in [0.1, 0.15) is 42.2 Å². The Balaban J connectivity index is 1.57. The highest BCUT2D eigenvalue weighted by Crippen LogP contribution is 2.37. The Morgan fingerprint density at radius 3 is 2.80 bits per heavy atom. The number of nitrogens with zero attached hydrogens (tertiary/aromatic N) is 3. The summed E-state index contributed by atoms with van der Waals surface area (Å²) in [5.41, 5.74) is 8.08. The predicted octanol–water partition coefficient (Wildman–Crippen LogP) is 4.52. The van der Waals surface area contributed by atoms with E-state index in [9.17, 15) is 0 Å². The molecule has 1 fully saturated rings. The van der Waals surface area contributed by atoms with Crippen LogP contribution in [0.2, 0.25) is 0 Å². The van der Waals surface area contributed by atoms with E-state index >= 15 is 0 Å². The SMILES string of the molecule is Cc1nc(CSc2ccccc2-c2nc(C3(N)CCCC3)no2)cs1. The first-order valence-corrected chi connectivity index (χ1v) is 10.3. The van der Waals surface area contributed by atoms with Crippen molar-refractivity contribution in [2.75, 3.05) is 0 Å².